The maximum absolute atomic E-state index is 13.0. The molecule has 8 nitrogen and oxygen atoms in total. The van der Waals surface area contributed by atoms with Crippen molar-refractivity contribution in [1.29, 1.82) is 0 Å². The Morgan fingerprint density at radius 1 is 0.941 bits per heavy atom. The first-order valence-electron chi connectivity index (χ1n) is 10.9. The number of benzene rings is 2. The van der Waals surface area contributed by atoms with Gasteiger partial charge in [-0.2, -0.15) is 0 Å². The highest BCUT2D eigenvalue weighted by Crippen LogP contribution is 2.20. The molecule has 0 unspecified atom stereocenters. The van der Waals surface area contributed by atoms with Gasteiger partial charge in [0.1, 0.15) is 18.1 Å². The highest BCUT2D eigenvalue weighted by molar-refractivity contribution is 6.01. The molecular weight excluding hydrogens is 432 g/mol. The average molecular weight is 461 g/mol. The molecule has 3 aromatic rings. The van der Waals surface area contributed by atoms with Gasteiger partial charge in [-0.1, -0.05) is 30.3 Å². The Kier molecular flexibility index (Phi) is 8.73. The normalized spacial score (nSPS) is 10.3. The van der Waals surface area contributed by atoms with E-state index in [2.05, 4.69) is 15.6 Å². The highest BCUT2D eigenvalue weighted by Gasteiger charge is 2.20. The summed E-state index contributed by atoms with van der Waals surface area (Å²) in [5, 5.41) is 5.53. The second-order valence-electron chi connectivity index (χ2n) is 7.71. The number of amides is 3. The van der Waals surface area contributed by atoms with Crippen LogP contribution in [0.3, 0.4) is 0 Å². The van der Waals surface area contributed by atoms with Crippen molar-refractivity contribution in [1.82, 2.24) is 10.3 Å². The third-order valence-corrected chi connectivity index (χ3v) is 5.07. The van der Waals surface area contributed by atoms with Gasteiger partial charge in [0.15, 0.2) is 0 Å². The van der Waals surface area contributed by atoms with Crippen LogP contribution in [0.4, 0.5) is 11.5 Å². The Bertz CT molecular complexity index is 1120. The van der Waals surface area contributed by atoms with Crippen molar-refractivity contribution in [3.05, 3.63) is 84.1 Å². The molecule has 1 aromatic heterocycles. The van der Waals surface area contributed by atoms with Gasteiger partial charge in [0.25, 0.3) is 0 Å². The molecule has 176 valence electrons. The number of hydrogen-bond acceptors (Lipinski definition) is 5. The van der Waals surface area contributed by atoms with Crippen LogP contribution in [0.5, 0.6) is 5.75 Å². The van der Waals surface area contributed by atoms with E-state index in [-0.39, 0.29) is 37.1 Å². The predicted octanol–water partition coefficient (Wildman–Crippen LogP) is 3.47. The van der Waals surface area contributed by atoms with E-state index in [4.69, 9.17) is 4.74 Å². The summed E-state index contributed by atoms with van der Waals surface area (Å²) < 4.78 is 5.18. The van der Waals surface area contributed by atoms with Gasteiger partial charge in [-0.05, 0) is 54.4 Å². The molecule has 0 aliphatic heterocycles. The lowest BCUT2D eigenvalue weighted by Gasteiger charge is -2.23. The second-order valence-corrected chi connectivity index (χ2v) is 7.71. The number of methoxy groups -OCH3 is 1. The number of aryl methyl sites for hydroxylation is 1. The molecular formula is C26H28N4O4. The fourth-order valence-corrected chi connectivity index (χ4v) is 3.25. The molecule has 0 spiro atoms. The third-order valence-electron chi connectivity index (χ3n) is 5.07. The zero-order chi connectivity index (χ0) is 24.3. The number of carbonyl (C=O) groups excluding carboxylic acids is 3. The van der Waals surface area contributed by atoms with E-state index in [1.54, 1.807) is 43.6 Å². The van der Waals surface area contributed by atoms with Crippen molar-refractivity contribution in [3.63, 3.8) is 0 Å². The fraction of sp³-hybridized carbons (Fsp3) is 0.231. The van der Waals surface area contributed by atoms with Gasteiger partial charge in [-0.15, -0.1) is 0 Å². The first-order valence-corrected chi connectivity index (χ1v) is 10.9. The molecule has 2 N–H and O–H groups in total. The van der Waals surface area contributed by atoms with Crippen LogP contribution in [0.1, 0.15) is 24.0 Å². The summed E-state index contributed by atoms with van der Waals surface area (Å²) in [6, 6.07) is 19.9. The number of ether oxygens (including phenoxy) is 1. The van der Waals surface area contributed by atoms with Gasteiger partial charge in [0.2, 0.25) is 17.7 Å². The van der Waals surface area contributed by atoms with Crippen LogP contribution in [0.15, 0.2) is 72.9 Å². The maximum atomic E-state index is 13.0. The average Bonchev–Trinajstić information content (AvgIpc) is 2.85. The first kappa shape index (κ1) is 24.4. The number of rotatable bonds is 10. The van der Waals surface area contributed by atoms with Crippen molar-refractivity contribution in [3.8, 4) is 5.75 Å². The lowest BCUT2D eigenvalue weighted by Crippen LogP contribution is -2.41. The summed E-state index contributed by atoms with van der Waals surface area (Å²) in [7, 11) is 1.55. The van der Waals surface area contributed by atoms with E-state index in [1.807, 2.05) is 43.3 Å². The minimum absolute atomic E-state index is 0.0350. The number of aromatic nitrogens is 1. The van der Waals surface area contributed by atoms with Crippen molar-refractivity contribution < 1.29 is 19.1 Å². The Labute approximate surface area is 199 Å². The molecule has 0 radical (unpaired) electrons. The van der Waals surface area contributed by atoms with Crippen LogP contribution in [-0.4, -0.2) is 36.4 Å². The molecule has 0 aliphatic carbocycles. The minimum Gasteiger partial charge on any atom is -0.497 e. The van der Waals surface area contributed by atoms with E-state index >= 15 is 0 Å². The van der Waals surface area contributed by atoms with Crippen molar-refractivity contribution >= 4 is 29.2 Å². The molecule has 0 bridgehead atoms. The topological polar surface area (TPSA) is 101 Å². The molecule has 0 saturated heterocycles. The Hall–Kier alpha value is -4.20. The van der Waals surface area contributed by atoms with Crippen LogP contribution < -0.4 is 20.3 Å². The van der Waals surface area contributed by atoms with E-state index in [0.29, 0.717) is 23.8 Å². The zero-order valence-corrected chi connectivity index (χ0v) is 19.3. The molecule has 3 rings (SSSR count). The summed E-state index contributed by atoms with van der Waals surface area (Å²) >= 11 is 0. The fourth-order valence-electron chi connectivity index (χ4n) is 3.25. The summed E-state index contributed by atoms with van der Waals surface area (Å²) in [6.07, 6.45) is 1.51. The monoisotopic (exact) mass is 460 g/mol. The molecule has 0 fully saturated rings. The van der Waals surface area contributed by atoms with Crippen LogP contribution >= 0.6 is 0 Å². The van der Waals surface area contributed by atoms with E-state index < -0.39 is 0 Å². The van der Waals surface area contributed by atoms with Crippen molar-refractivity contribution in [2.45, 2.75) is 26.3 Å². The zero-order valence-electron chi connectivity index (χ0n) is 19.3. The lowest BCUT2D eigenvalue weighted by atomic mass is 10.2. The van der Waals surface area contributed by atoms with Gasteiger partial charge in [-0.3, -0.25) is 14.4 Å². The smallest absolute Gasteiger partial charge is 0.240 e. The first-order chi connectivity index (χ1) is 16.4. The highest BCUT2D eigenvalue weighted by atomic mass is 16.5. The SMILES string of the molecule is COc1ccc(N(CC(=O)NCc2ccccc2)C(=O)CCC(=O)Nc2cc(C)ccn2)cc1. The van der Waals surface area contributed by atoms with E-state index in [1.165, 1.54) is 4.90 Å². The Morgan fingerprint density at radius 2 is 1.68 bits per heavy atom. The minimum atomic E-state index is -0.340. The number of nitrogens with zero attached hydrogens (tertiary/aromatic N) is 2. The molecule has 3 amide bonds. The molecule has 34 heavy (non-hydrogen) atoms. The van der Waals surface area contributed by atoms with Gasteiger partial charge in [0.05, 0.1) is 7.11 Å². The summed E-state index contributed by atoms with van der Waals surface area (Å²) in [4.78, 5) is 43.5. The van der Waals surface area contributed by atoms with Crippen LogP contribution in [0, 0.1) is 6.92 Å². The molecule has 8 heteroatoms. The van der Waals surface area contributed by atoms with Crippen LogP contribution in [0.2, 0.25) is 0 Å². The third kappa shape index (κ3) is 7.44. The molecule has 0 aliphatic rings. The summed E-state index contributed by atoms with van der Waals surface area (Å²) in [5.74, 6) is 0.0999. The quantitative estimate of drug-likeness (QED) is 0.483. The van der Waals surface area contributed by atoms with Gasteiger partial charge in [-0.25, -0.2) is 4.98 Å². The second kappa shape index (κ2) is 12.2. The molecule has 1 heterocycles. The standard InChI is InChI=1S/C26H28N4O4/c1-19-14-15-27-23(16-19)29-24(31)12-13-26(33)30(21-8-10-22(34-2)11-9-21)18-25(32)28-17-20-6-4-3-5-7-20/h3-11,14-16H,12-13,17-18H2,1-2H3,(H,28,32)(H,27,29,31). The van der Waals surface area contributed by atoms with Gasteiger partial charge >= 0.3 is 0 Å². The van der Waals surface area contributed by atoms with Crippen LogP contribution in [-0.2, 0) is 20.9 Å². The number of nitrogens with one attached hydrogen (secondary N) is 2. The Morgan fingerprint density at radius 3 is 2.35 bits per heavy atom. The van der Waals surface area contributed by atoms with Crippen LogP contribution in [0.25, 0.3) is 0 Å². The summed E-state index contributed by atoms with van der Waals surface area (Å²) in [6.45, 7) is 2.09. The van der Waals surface area contributed by atoms with Crippen molar-refractivity contribution in [2.75, 3.05) is 23.9 Å². The number of pyridine rings is 1. The summed E-state index contributed by atoms with van der Waals surface area (Å²) in [5.41, 5.74) is 2.47. The number of anilines is 2. The largest absolute Gasteiger partial charge is 0.497 e. The predicted molar refractivity (Wildman–Crippen MR) is 130 cm³/mol. The molecule has 0 saturated carbocycles. The lowest BCUT2D eigenvalue weighted by molar-refractivity contribution is -0.125. The van der Waals surface area contributed by atoms with Crippen molar-refractivity contribution in [2.24, 2.45) is 0 Å². The maximum Gasteiger partial charge on any atom is 0.240 e. The molecule has 2 aromatic carbocycles. The van der Waals surface area contributed by atoms with Gasteiger partial charge < -0.3 is 20.3 Å². The van der Waals surface area contributed by atoms with E-state index in [9.17, 15) is 14.4 Å². The van der Waals surface area contributed by atoms with Gasteiger partial charge in [0, 0.05) is 31.3 Å². The molecule has 0 atom stereocenters. The number of carbonyl (C=O) groups is 3. The van der Waals surface area contributed by atoms with E-state index in [0.717, 1.165) is 11.1 Å². The number of hydrogen-bond donors (Lipinski definition) is 2. The Balaban J connectivity index is 1.63.